The van der Waals surface area contributed by atoms with E-state index in [2.05, 4.69) is 15.1 Å². The maximum Gasteiger partial charge on any atom is 0.416 e. The number of benzene rings is 1. The minimum atomic E-state index is -4.41. The molecule has 0 saturated carbocycles. The van der Waals surface area contributed by atoms with Crippen molar-refractivity contribution in [1.29, 1.82) is 0 Å². The number of fused-ring (bicyclic) bond motifs is 1. The molecule has 0 fully saturated rings. The third-order valence-electron chi connectivity index (χ3n) is 4.95. The quantitative estimate of drug-likeness (QED) is 0.434. The fourth-order valence-electron chi connectivity index (χ4n) is 3.53. The SMILES string of the molecule is CCCn1cnc2nc(-c3cnn(Cc4cccc(C(F)(F)F)c4)c3)n(COC)c2c1=O. The smallest absolute Gasteiger partial charge is 0.364 e. The van der Waals surface area contributed by atoms with Gasteiger partial charge in [0.25, 0.3) is 5.56 Å². The summed E-state index contributed by atoms with van der Waals surface area (Å²) in [5, 5.41) is 4.26. The van der Waals surface area contributed by atoms with Gasteiger partial charge in [0, 0.05) is 19.9 Å². The zero-order valence-corrected chi connectivity index (χ0v) is 17.5. The number of aryl methyl sites for hydroxylation is 1. The summed E-state index contributed by atoms with van der Waals surface area (Å²) in [4.78, 5) is 21.7. The summed E-state index contributed by atoms with van der Waals surface area (Å²) in [5.41, 5.74) is 0.739. The number of aromatic nitrogens is 6. The number of rotatable bonds is 7. The molecule has 0 aliphatic rings. The van der Waals surface area contributed by atoms with Crippen LogP contribution in [0.4, 0.5) is 13.2 Å². The second kappa shape index (κ2) is 8.58. The first-order chi connectivity index (χ1) is 15.3. The van der Waals surface area contributed by atoms with Gasteiger partial charge in [-0.2, -0.15) is 18.3 Å². The lowest BCUT2D eigenvalue weighted by molar-refractivity contribution is -0.137. The monoisotopic (exact) mass is 446 g/mol. The zero-order chi connectivity index (χ0) is 22.9. The molecule has 0 unspecified atom stereocenters. The molecule has 0 aliphatic carbocycles. The summed E-state index contributed by atoms with van der Waals surface area (Å²) in [7, 11) is 1.51. The number of methoxy groups -OCH3 is 1. The topological polar surface area (TPSA) is 79.8 Å². The van der Waals surface area contributed by atoms with Crippen molar-refractivity contribution in [1.82, 2.24) is 28.9 Å². The Bertz CT molecular complexity index is 1310. The molecule has 0 amide bonds. The highest BCUT2D eigenvalue weighted by molar-refractivity contribution is 5.76. The molecular formula is C21H21F3N6O2. The van der Waals surface area contributed by atoms with Gasteiger partial charge >= 0.3 is 6.18 Å². The molecule has 0 bridgehead atoms. The van der Waals surface area contributed by atoms with E-state index in [4.69, 9.17) is 4.74 Å². The molecule has 168 valence electrons. The van der Waals surface area contributed by atoms with Crippen molar-refractivity contribution < 1.29 is 17.9 Å². The lowest BCUT2D eigenvalue weighted by Crippen LogP contribution is -2.22. The van der Waals surface area contributed by atoms with Crippen molar-refractivity contribution in [3.05, 3.63) is 64.5 Å². The van der Waals surface area contributed by atoms with E-state index in [1.54, 1.807) is 23.0 Å². The number of hydrogen-bond donors (Lipinski definition) is 0. The van der Waals surface area contributed by atoms with Crippen molar-refractivity contribution in [3.8, 4) is 11.4 Å². The average Bonchev–Trinajstić information content (AvgIpc) is 3.35. The fraction of sp³-hybridized carbons (Fsp3) is 0.333. The number of imidazole rings is 1. The normalized spacial score (nSPS) is 12.0. The lowest BCUT2D eigenvalue weighted by atomic mass is 10.1. The number of halogens is 3. The molecule has 11 heteroatoms. The van der Waals surface area contributed by atoms with Crippen LogP contribution >= 0.6 is 0 Å². The van der Waals surface area contributed by atoms with Gasteiger partial charge in [-0.1, -0.05) is 19.1 Å². The van der Waals surface area contributed by atoms with Crippen LogP contribution in [0, 0.1) is 0 Å². The summed E-state index contributed by atoms with van der Waals surface area (Å²) in [5.74, 6) is 0.441. The maximum atomic E-state index is 13.0. The first kappa shape index (κ1) is 21.8. The molecule has 0 saturated heterocycles. The Labute approximate surface area is 180 Å². The highest BCUT2D eigenvalue weighted by Crippen LogP contribution is 2.30. The molecule has 8 nitrogen and oxygen atoms in total. The fourth-order valence-corrected chi connectivity index (χ4v) is 3.53. The van der Waals surface area contributed by atoms with Gasteiger partial charge in [0.15, 0.2) is 11.2 Å². The molecule has 32 heavy (non-hydrogen) atoms. The molecule has 0 atom stereocenters. The number of hydrogen-bond acceptors (Lipinski definition) is 5. The Morgan fingerprint density at radius 1 is 1.22 bits per heavy atom. The molecule has 3 heterocycles. The molecule has 0 aliphatic heterocycles. The van der Waals surface area contributed by atoms with E-state index in [-0.39, 0.29) is 18.8 Å². The average molecular weight is 446 g/mol. The van der Waals surface area contributed by atoms with Crippen LogP contribution in [-0.2, 0) is 30.7 Å². The Balaban J connectivity index is 1.71. The van der Waals surface area contributed by atoms with Gasteiger partial charge in [0.05, 0.1) is 23.9 Å². The number of ether oxygens (including phenoxy) is 1. The highest BCUT2D eigenvalue weighted by Gasteiger charge is 2.30. The molecule has 3 aromatic heterocycles. The van der Waals surface area contributed by atoms with Crippen LogP contribution in [0.5, 0.6) is 0 Å². The van der Waals surface area contributed by atoms with Crippen LogP contribution in [0.1, 0.15) is 24.5 Å². The molecular weight excluding hydrogens is 425 g/mol. The summed E-state index contributed by atoms with van der Waals surface area (Å²) in [6, 6.07) is 5.11. The summed E-state index contributed by atoms with van der Waals surface area (Å²) >= 11 is 0. The standard InChI is InChI=1S/C21H21F3N6O2/c1-3-7-28-12-25-18-17(20(28)31)30(13-32-2)19(27-18)15-9-26-29(11-15)10-14-5-4-6-16(8-14)21(22,23)24/h4-6,8-9,11-12H,3,7,10,13H2,1-2H3. The predicted molar refractivity (Wildman–Crippen MR) is 111 cm³/mol. The van der Waals surface area contributed by atoms with Gasteiger partial charge in [-0.05, 0) is 24.1 Å². The molecule has 0 radical (unpaired) electrons. The van der Waals surface area contributed by atoms with E-state index in [1.165, 1.54) is 28.8 Å². The van der Waals surface area contributed by atoms with Crippen LogP contribution < -0.4 is 5.56 Å². The largest absolute Gasteiger partial charge is 0.416 e. The highest BCUT2D eigenvalue weighted by atomic mass is 19.4. The van der Waals surface area contributed by atoms with Gasteiger partial charge in [0.2, 0.25) is 0 Å². The number of nitrogens with zero attached hydrogens (tertiary/aromatic N) is 6. The van der Waals surface area contributed by atoms with E-state index in [9.17, 15) is 18.0 Å². The Morgan fingerprint density at radius 3 is 2.75 bits per heavy atom. The third kappa shape index (κ3) is 4.15. The first-order valence-corrected chi connectivity index (χ1v) is 9.95. The maximum absolute atomic E-state index is 13.0. The summed E-state index contributed by atoms with van der Waals surface area (Å²) < 4.78 is 48.9. The van der Waals surface area contributed by atoms with E-state index in [0.717, 1.165) is 18.6 Å². The molecule has 4 aromatic rings. The lowest BCUT2D eigenvalue weighted by Gasteiger charge is -2.09. The minimum Gasteiger partial charge on any atom is -0.364 e. The van der Waals surface area contributed by atoms with E-state index < -0.39 is 11.7 Å². The first-order valence-electron chi connectivity index (χ1n) is 9.95. The zero-order valence-electron chi connectivity index (χ0n) is 17.5. The molecule has 0 N–H and O–H groups in total. The van der Waals surface area contributed by atoms with Crippen molar-refractivity contribution in [2.45, 2.75) is 39.3 Å². The van der Waals surface area contributed by atoms with Crippen LogP contribution in [0.2, 0.25) is 0 Å². The van der Waals surface area contributed by atoms with E-state index in [1.807, 2.05) is 6.92 Å². The minimum absolute atomic E-state index is 0.0811. The van der Waals surface area contributed by atoms with Crippen LogP contribution in [0.25, 0.3) is 22.6 Å². The summed E-state index contributed by atoms with van der Waals surface area (Å²) in [6.07, 6.45) is 1.05. The Morgan fingerprint density at radius 2 is 2.03 bits per heavy atom. The Hall–Kier alpha value is -3.47. The van der Waals surface area contributed by atoms with Gasteiger partial charge < -0.3 is 4.74 Å². The summed E-state index contributed by atoms with van der Waals surface area (Å²) in [6.45, 7) is 2.73. The predicted octanol–water partition coefficient (Wildman–Crippen LogP) is 3.54. The van der Waals surface area contributed by atoms with Gasteiger partial charge in [0.1, 0.15) is 18.9 Å². The van der Waals surface area contributed by atoms with Gasteiger partial charge in [-0.15, -0.1) is 0 Å². The van der Waals surface area contributed by atoms with Crippen molar-refractivity contribution in [2.24, 2.45) is 0 Å². The van der Waals surface area contributed by atoms with Crippen LogP contribution in [0.15, 0.2) is 47.8 Å². The van der Waals surface area contributed by atoms with Gasteiger partial charge in [-0.25, -0.2) is 9.97 Å². The molecule has 4 rings (SSSR count). The van der Waals surface area contributed by atoms with Gasteiger partial charge in [-0.3, -0.25) is 18.6 Å². The molecule has 0 spiro atoms. The van der Waals surface area contributed by atoms with Crippen molar-refractivity contribution in [2.75, 3.05) is 7.11 Å². The Kier molecular flexibility index (Phi) is 5.83. The van der Waals surface area contributed by atoms with Crippen molar-refractivity contribution in [3.63, 3.8) is 0 Å². The second-order valence-electron chi connectivity index (χ2n) is 7.32. The van der Waals surface area contributed by atoms with Crippen LogP contribution in [0.3, 0.4) is 0 Å². The second-order valence-corrected chi connectivity index (χ2v) is 7.32. The van der Waals surface area contributed by atoms with E-state index in [0.29, 0.717) is 34.7 Å². The molecule has 1 aromatic carbocycles. The van der Waals surface area contributed by atoms with Crippen molar-refractivity contribution >= 4 is 11.2 Å². The number of alkyl halides is 3. The van der Waals surface area contributed by atoms with Crippen LogP contribution in [-0.4, -0.2) is 36.0 Å². The third-order valence-corrected chi connectivity index (χ3v) is 4.95. The van der Waals surface area contributed by atoms with E-state index >= 15 is 0 Å².